The topological polar surface area (TPSA) is 86.3 Å². The molecule has 1 fully saturated rings. The van der Waals surface area contributed by atoms with E-state index < -0.39 is 36.1 Å². The van der Waals surface area contributed by atoms with Crippen molar-refractivity contribution in [2.45, 2.75) is 12.7 Å². The maximum Gasteiger partial charge on any atom is 0.393 e. The van der Waals surface area contributed by atoms with Gasteiger partial charge in [-0.1, -0.05) is 11.6 Å². The minimum atomic E-state index is -4.60. The molecule has 1 saturated heterocycles. The number of nitrogens with one attached hydrogen (secondary N) is 1. The Kier molecular flexibility index (Phi) is 5.84. The number of aromatic amines is 1. The second-order valence-corrected chi connectivity index (χ2v) is 6.40. The number of nitrogens with zero attached hydrogens (tertiary/aromatic N) is 2. The predicted molar refractivity (Wildman–Crippen MR) is 90.6 cm³/mol. The van der Waals surface area contributed by atoms with E-state index in [9.17, 15) is 22.8 Å². The molecule has 1 aromatic carbocycles. The molecule has 0 radical (unpaired) electrons. The van der Waals surface area contributed by atoms with E-state index in [-0.39, 0.29) is 36.7 Å². The number of aliphatic carboxylic acids is 1. The molecule has 0 spiro atoms. The van der Waals surface area contributed by atoms with Crippen molar-refractivity contribution in [3.05, 3.63) is 39.4 Å². The van der Waals surface area contributed by atoms with E-state index in [1.165, 1.54) is 11.0 Å². The van der Waals surface area contributed by atoms with Crippen LogP contribution in [0.3, 0.4) is 0 Å². The molecule has 3 rings (SSSR count). The Hall–Kier alpha value is -1.84. The number of benzene rings is 1. The van der Waals surface area contributed by atoms with Crippen LogP contribution >= 0.6 is 24.0 Å². The van der Waals surface area contributed by atoms with Crippen molar-refractivity contribution in [2.24, 2.45) is 11.8 Å². The minimum Gasteiger partial charge on any atom is -0.481 e. The molecule has 1 aromatic heterocycles. The smallest absolute Gasteiger partial charge is 0.393 e. The molecular weight excluding hydrogens is 398 g/mol. The summed E-state index contributed by atoms with van der Waals surface area (Å²) in [5.74, 6) is -4.80. The first-order chi connectivity index (χ1) is 11.6. The van der Waals surface area contributed by atoms with Crippen LogP contribution in [0.15, 0.2) is 23.0 Å². The third kappa shape index (κ3) is 4.11. The number of hydrogen-bond acceptors (Lipinski definition) is 4. The van der Waals surface area contributed by atoms with Crippen LogP contribution in [0, 0.1) is 11.8 Å². The van der Waals surface area contributed by atoms with Crippen LogP contribution in [-0.4, -0.2) is 45.2 Å². The lowest BCUT2D eigenvalue weighted by Gasteiger charge is -2.18. The Morgan fingerprint density at radius 3 is 2.65 bits per heavy atom. The molecule has 2 heterocycles. The summed E-state index contributed by atoms with van der Waals surface area (Å²) in [4.78, 5) is 31.2. The highest BCUT2D eigenvalue weighted by Crippen LogP contribution is 2.38. The molecule has 2 N–H and O–H groups in total. The summed E-state index contributed by atoms with van der Waals surface area (Å²) in [6.45, 7) is -0.797. The van der Waals surface area contributed by atoms with Crippen molar-refractivity contribution >= 4 is 40.9 Å². The molecule has 2 aromatic rings. The highest BCUT2D eigenvalue weighted by Gasteiger charge is 2.52. The number of H-pyrrole nitrogens is 1. The van der Waals surface area contributed by atoms with E-state index in [1.54, 1.807) is 12.1 Å². The summed E-state index contributed by atoms with van der Waals surface area (Å²) in [6, 6.07) is 4.54. The fourth-order valence-electron chi connectivity index (χ4n) is 3.04. The van der Waals surface area contributed by atoms with Gasteiger partial charge in [-0.15, -0.1) is 12.4 Å². The number of rotatable bonds is 3. The van der Waals surface area contributed by atoms with Gasteiger partial charge in [0.05, 0.1) is 29.3 Å². The average Bonchev–Trinajstić information content (AvgIpc) is 2.92. The summed E-state index contributed by atoms with van der Waals surface area (Å²) in [5.41, 5.74) is -0.0895. The van der Waals surface area contributed by atoms with Crippen molar-refractivity contribution in [1.29, 1.82) is 0 Å². The minimum absolute atomic E-state index is 0. The van der Waals surface area contributed by atoms with E-state index in [0.717, 1.165) is 0 Å². The highest BCUT2D eigenvalue weighted by atomic mass is 35.5. The van der Waals surface area contributed by atoms with Crippen LogP contribution < -0.4 is 5.56 Å². The van der Waals surface area contributed by atoms with E-state index >= 15 is 0 Å². The van der Waals surface area contributed by atoms with Crippen molar-refractivity contribution < 1.29 is 23.1 Å². The van der Waals surface area contributed by atoms with E-state index in [0.29, 0.717) is 10.5 Å². The summed E-state index contributed by atoms with van der Waals surface area (Å²) < 4.78 is 39.1. The van der Waals surface area contributed by atoms with Crippen molar-refractivity contribution in [2.75, 3.05) is 13.1 Å². The second-order valence-electron chi connectivity index (χ2n) is 5.96. The van der Waals surface area contributed by atoms with Crippen LogP contribution in [0.2, 0.25) is 5.02 Å². The van der Waals surface area contributed by atoms with Crippen molar-refractivity contribution in [3.63, 3.8) is 0 Å². The first kappa shape index (κ1) is 20.5. The molecule has 0 amide bonds. The lowest BCUT2D eigenvalue weighted by atomic mass is 9.96. The van der Waals surface area contributed by atoms with Gasteiger partial charge in [0, 0.05) is 18.1 Å². The van der Waals surface area contributed by atoms with Gasteiger partial charge in [0.25, 0.3) is 5.56 Å². The standard InChI is InChI=1S/C15H13ClF3N3O3.ClH/c16-7-1-2-11-8(3-7)13(23)21-12(20-11)6-22-4-9(14(24)25)10(5-22)15(17,18)19;/h1-3,9-10H,4-6H2,(H,24,25)(H,20,21,23);1H/t9-,10-;/m1./s1. The van der Waals surface area contributed by atoms with Gasteiger partial charge in [0.1, 0.15) is 5.82 Å². The second kappa shape index (κ2) is 7.42. The zero-order valence-electron chi connectivity index (χ0n) is 13.1. The Bertz CT molecular complexity index is 888. The SMILES string of the molecule is Cl.O=C(O)[C@@H]1CN(Cc2nc3ccc(Cl)cc3c(=O)[nH]2)C[C@H]1C(F)(F)F. The number of halogens is 5. The molecule has 0 aliphatic carbocycles. The monoisotopic (exact) mass is 411 g/mol. The molecule has 142 valence electrons. The molecule has 1 aliphatic rings. The van der Waals surface area contributed by atoms with E-state index in [1.807, 2.05) is 0 Å². The van der Waals surface area contributed by atoms with Gasteiger partial charge in [0.15, 0.2) is 0 Å². The zero-order valence-corrected chi connectivity index (χ0v) is 14.7. The molecule has 1 aliphatic heterocycles. The van der Waals surface area contributed by atoms with Crippen LogP contribution in [-0.2, 0) is 11.3 Å². The first-order valence-corrected chi connectivity index (χ1v) is 7.73. The first-order valence-electron chi connectivity index (χ1n) is 7.35. The summed E-state index contributed by atoms with van der Waals surface area (Å²) in [7, 11) is 0. The average molecular weight is 412 g/mol. The number of aromatic nitrogens is 2. The van der Waals surface area contributed by atoms with E-state index in [4.69, 9.17) is 16.7 Å². The largest absolute Gasteiger partial charge is 0.481 e. The van der Waals surface area contributed by atoms with Gasteiger partial charge in [-0.3, -0.25) is 14.5 Å². The molecule has 2 atom stereocenters. The number of carbonyl (C=O) groups is 1. The molecule has 0 bridgehead atoms. The quantitative estimate of drug-likeness (QED) is 0.810. The van der Waals surface area contributed by atoms with E-state index in [2.05, 4.69) is 9.97 Å². The van der Waals surface area contributed by atoms with Gasteiger partial charge in [0.2, 0.25) is 0 Å². The normalized spacial score (nSPS) is 20.9. The Balaban J connectivity index is 0.00000243. The Labute approximate surface area is 156 Å². The van der Waals surface area contributed by atoms with Crippen molar-refractivity contribution in [1.82, 2.24) is 14.9 Å². The third-order valence-corrected chi connectivity index (χ3v) is 4.46. The highest BCUT2D eigenvalue weighted by molar-refractivity contribution is 6.31. The fourth-order valence-corrected chi connectivity index (χ4v) is 3.21. The van der Waals surface area contributed by atoms with Gasteiger partial charge in [-0.2, -0.15) is 13.2 Å². The lowest BCUT2D eigenvalue weighted by molar-refractivity contribution is -0.188. The molecular formula is C15H14Cl2F3N3O3. The zero-order chi connectivity index (χ0) is 18.4. The summed E-state index contributed by atoms with van der Waals surface area (Å²) >= 11 is 5.82. The predicted octanol–water partition coefficient (Wildman–Crippen LogP) is 2.69. The molecule has 6 nitrogen and oxygen atoms in total. The van der Waals surface area contributed by atoms with Crippen LogP contribution in [0.4, 0.5) is 13.2 Å². The van der Waals surface area contributed by atoms with Gasteiger partial charge in [-0.25, -0.2) is 4.98 Å². The molecule has 0 saturated carbocycles. The number of hydrogen-bond donors (Lipinski definition) is 2. The van der Waals surface area contributed by atoms with Crippen molar-refractivity contribution in [3.8, 4) is 0 Å². The molecule has 0 unspecified atom stereocenters. The summed E-state index contributed by atoms with van der Waals surface area (Å²) in [6.07, 6.45) is -4.60. The Morgan fingerprint density at radius 1 is 1.38 bits per heavy atom. The number of carboxylic acids is 1. The number of carboxylic acid groups (broad SMARTS) is 1. The number of likely N-dealkylation sites (tertiary alicyclic amines) is 1. The lowest BCUT2D eigenvalue weighted by Crippen LogP contribution is -2.33. The number of alkyl halides is 3. The third-order valence-electron chi connectivity index (χ3n) is 4.22. The van der Waals surface area contributed by atoms with Crippen LogP contribution in [0.25, 0.3) is 10.9 Å². The number of fused-ring (bicyclic) bond motifs is 1. The van der Waals surface area contributed by atoms with Crippen LogP contribution in [0.1, 0.15) is 5.82 Å². The van der Waals surface area contributed by atoms with Crippen LogP contribution in [0.5, 0.6) is 0 Å². The fraction of sp³-hybridized carbons (Fsp3) is 0.400. The van der Waals surface area contributed by atoms with Gasteiger partial charge >= 0.3 is 12.1 Å². The Morgan fingerprint density at radius 2 is 2.08 bits per heavy atom. The molecule has 26 heavy (non-hydrogen) atoms. The van der Waals surface area contributed by atoms with Gasteiger partial charge in [-0.05, 0) is 18.2 Å². The summed E-state index contributed by atoms with van der Waals surface area (Å²) in [5, 5.41) is 9.67. The maximum absolute atomic E-state index is 13.0. The molecule has 11 heteroatoms. The maximum atomic E-state index is 13.0. The van der Waals surface area contributed by atoms with Gasteiger partial charge < -0.3 is 10.1 Å².